The number of benzene rings is 1. The molecule has 1 aromatic heterocycles. The number of aromatic nitrogens is 1. The van der Waals surface area contributed by atoms with Gasteiger partial charge in [0.25, 0.3) is 0 Å². The van der Waals surface area contributed by atoms with E-state index in [0.29, 0.717) is 0 Å². The van der Waals surface area contributed by atoms with E-state index in [1.54, 1.807) is 0 Å². The van der Waals surface area contributed by atoms with E-state index in [9.17, 15) is 0 Å². The summed E-state index contributed by atoms with van der Waals surface area (Å²) >= 11 is 0. The van der Waals surface area contributed by atoms with Gasteiger partial charge < -0.3 is 9.30 Å². The van der Waals surface area contributed by atoms with Gasteiger partial charge in [-0.15, -0.1) is 12.3 Å². The van der Waals surface area contributed by atoms with Crippen LogP contribution in [0.5, 0.6) is 5.75 Å². The van der Waals surface area contributed by atoms with E-state index in [4.69, 9.17) is 11.2 Å². The minimum Gasteiger partial charge on any atom is -0.491 e. The van der Waals surface area contributed by atoms with Gasteiger partial charge in [0.15, 0.2) is 0 Å². The number of ether oxygens (including phenoxy) is 1. The summed E-state index contributed by atoms with van der Waals surface area (Å²) in [5, 5.41) is 1.19. The molecule has 0 saturated heterocycles. The van der Waals surface area contributed by atoms with Crippen LogP contribution in [0, 0.1) is 12.3 Å². The zero-order valence-electron chi connectivity index (χ0n) is 10.3. The van der Waals surface area contributed by atoms with Crippen LogP contribution in [0.1, 0.15) is 20.3 Å². The topological polar surface area (TPSA) is 14.2 Å². The van der Waals surface area contributed by atoms with E-state index in [1.165, 1.54) is 10.9 Å². The molecule has 2 heteroatoms. The summed E-state index contributed by atoms with van der Waals surface area (Å²) in [7, 11) is 0. The molecule has 2 aromatic rings. The quantitative estimate of drug-likeness (QED) is 0.730. The van der Waals surface area contributed by atoms with Crippen LogP contribution in [0.15, 0.2) is 30.5 Å². The Labute approximate surface area is 102 Å². The molecule has 0 aliphatic heterocycles. The average Bonchev–Trinajstić information content (AvgIpc) is 2.68. The van der Waals surface area contributed by atoms with Gasteiger partial charge in [-0.1, -0.05) is 0 Å². The van der Waals surface area contributed by atoms with Gasteiger partial charge >= 0.3 is 0 Å². The molecule has 1 aromatic carbocycles. The number of hydrogen-bond donors (Lipinski definition) is 0. The molecular formula is C15H17NO. The first-order valence-electron chi connectivity index (χ1n) is 5.89. The van der Waals surface area contributed by atoms with Crippen molar-refractivity contribution >= 4 is 10.9 Å². The molecule has 0 bridgehead atoms. The summed E-state index contributed by atoms with van der Waals surface area (Å²) in [6, 6.07) is 8.26. The second-order valence-electron chi connectivity index (χ2n) is 4.35. The van der Waals surface area contributed by atoms with Crippen molar-refractivity contribution in [1.29, 1.82) is 0 Å². The van der Waals surface area contributed by atoms with Crippen LogP contribution in [-0.2, 0) is 6.54 Å². The first-order valence-corrected chi connectivity index (χ1v) is 5.89. The number of fused-ring (bicyclic) bond motifs is 1. The highest BCUT2D eigenvalue weighted by molar-refractivity contribution is 5.81. The second kappa shape index (κ2) is 4.97. The smallest absolute Gasteiger partial charge is 0.120 e. The van der Waals surface area contributed by atoms with Gasteiger partial charge in [0, 0.05) is 30.1 Å². The van der Waals surface area contributed by atoms with E-state index >= 15 is 0 Å². The molecule has 88 valence electrons. The molecule has 0 N–H and O–H groups in total. The maximum atomic E-state index is 5.67. The molecule has 0 fully saturated rings. The molecule has 17 heavy (non-hydrogen) atoms. The van der Waals surface area contributed by atoms with Gasteiger partial charge in [0.2, 0.25) is 0 Å². The summed E-state index contributed by atoms with van der Waals surface area (Å²) in [6.07, 6.45) is 8.32. The summed E-state index contributed by atoms with van der Waals surface area (Å²) in [5.41, 5.74) is 1.20. The Morgan fingerprint density at radius 2 is 2.18 bits per heavy atom. The van der Waals surface area contributed by atoms with E-state index in [2.05, 4.69) is 34.9 Å². The number of aryl methyl sites for hydroxylation is 1. The summed E-state index contributed by atoms with van der Waals surface area (Å²) < 4.78 is 7.85. The number of nitrogens with zero attached hydrogens (tertiary/aromatic N) is 1. The largest absolute Gasteiger partial charge is 0.491 e. The monoisotopic (exact) mass is 227 g/mol. The van der Waals surface area contributed by atoms with Gasteiger partial charge in [-0.2, -0.15) is 0 Å². The Morgan fingerprint density at radius 3 is 2.88 bits per heavy atom. The Balaban J connectivity index is 2.28. The third-order valence-electron chi connectivity index (χ3n) is 2.61. The minimum absolute atomic E-state index is 0.205. The average molecular weight is 227 g/mol. The molecule has 1 heterocycles. The van der Waals surface area contributed by atoms with Crippen molar-refractivity contribution in [3.05, 3.63) is 30.5 Å². The zero-order chi connectivity index (χ0) is 12.3. The fourth-order valence-electron chi connectivity index (χ4n) is 1.90. The van der Waals surface area contributed by atoms with Crippen LogP contribution in [0.3, 0.4) is 0 Å². The highest BCUT2D eigenvalue weighted by Gasteiger charge is 2.03. The molecule has 0 aliphatic rings. The molecule has 0 radical (unpaired) electrons. The van der Waals surface area contributed by atoms with E-state index in [1.807, 2.05) is 19.9 Å². The van der Waals surface area contributed by atoms with Crippen LogP contribution >= 0.6 is 0 Å². The van der Waals surface area contributed by atoms with Crippen molar-refractivity contribution in [2.24, 2.45) is 0 Å². The Bertz CT molecular complexity index is 546. The van der Waals surface area contributed by atoms with E-state index < -0.39 is 0 Å². The van der Waals surface area contributed by atoms with Crippen LogP contribution < -0.4 is 4.74 Å². The summed E-state index contributed by atoms with van der Waals surface area (Å²) in [4.78, 5) is 0. The number of hydrogen-bond acceptors (Lipinski definition) is 1. The molecule has 0 spiro atoms. The van der Waals surface area contributed by atoms with Crippen molar-refractivity contribution < 1.29 is 4.74 Å². The lowest BCUT2D eigenvalue weighted by Gasteiger charge is -2.10. The van der Waals surface area contributed by atoms with Gasteiger partial charge in [-0.25, -0.2) is 0 Å². The first-order chi connectivity index (χ1) is 8.20. The number of terminal acetylenes is 1. The lowest BCUT2D eigenvalue weighted by Crippen LogP contribution is -2.05. The van der Waals surface area contributed by atoms with Crippen molar-refractivity contribution in [2.75, 3.05) is 0 Å². The Hall–Kier alpha value is -1.88. The van der Waals surface area contributed by atoms with Crippen molar-refractivity contribution in [1.82, 2.24) is 4.57 Å². The Kier molecular flexibility index (Phi) is 3.39. The fourth-order valence-corrected chi connectivity index (χ4v) is 1.90. The summed E-state index contributed by atoms with van der Waals surface area (Å²) in [5.74, 6) is 3.58. The van der Waals surface area contributed by atoms with Gasteiger partial charge in [0.05, 0.1) is 6.10 Å². The molecule has 0 saturated carbocycles. The van der Waals surface area contributed by atoms with Crippen molar-refractivity contribution in [2.45, 2.75) is 32.9 Å². The van der Waals surface area contributed by atoms with Gasteiger partial charge in [0.1, 0.15) is 5.75 Å². The second-order valence-corrected chi connectivity index (χ2v) is 4.35. The molecule has 2 nitrogen and oxygen atoms in total. The first kappa shape index (κ1) is 11.6. The third-order valence-corrected chi connectivity index (χ3v) is 2.61. The lowest BCUT2D eigenvalue weighted by molar-refractivity contribution is 0.243. The van der Waals surface area contributed by atoms with Crippen LogP contribution in [0.2, 0.25) is 0 Å². The molecule has 0 atom stereocenters. The molecule has 0 aliphatic carbocycles. The fraction of sp³-hybridized carbons (Fsp3) is 0.333. The van der Waals surface area contributed by atoms with Crippen LogP contribution in [-0.4, -0.2) is 10.7 Å². The maximum absolute atomic E-state index is 5.67. The Morgan fingerprint density at radius 1 is 1.35 bits per heavy atom. The third kappa shape index (κ3) is 2.62. The standard InChI is InChI=1S/C15H17NO/c1-4-5-9-16-10-8-13-11-14(17-12(2)3)6-7-15(13)16/h1,6-8,10-12H,5,9H2,2-3H3. The molecule has 0 amide bonds. The van der Waals surface area contributed by atoms with Crippen LogP contribution in [0.4, 0.5) is 0 Å². The predicted octanol–water partition coefficient (Wildman–Crippen LogP) is 3.45. The SMILES string of the molecule is C#CCCn1ccc2cc(OC(C)C)ccc21. The van der Waals surface area contributed by atoms with Gasteiger partial charge in [-0.05, 0) is 38.1 Å². The van der Waals surface area contributed by atoms with Crippen molar-refractivity contribution in [3.63, 3.8) is 0 Å². The summed E-state index contributed by atoms with van der Waals surface area (Å²) in [6.45, 7) is 4.93. The minimum atomic E-state index is 0.205. The highest BCUT2D eigenvalue weighted by Crippen LogP contribution is 2.23. The zero-order valence-corrected chi connectivity index (χ0v) is 10.3. The lowest BCUT2D eigenvalue weighted by atomic mass is 10.2. The predicted molar refractivity (Wildman–Crippen MR) is 71.2 cm³/mol. The van der Waals surface area contributed by atoms with E-state index in [-0.39, 0.29) is 6.10 Å². The normalized spacial score (nSPS) is 10.7. The number of rotatable bonds is 4. The van der Waals surface area contributed by atoms with Crippen LogP contribution in [0.25, 0.3) is 10.9 Å². The van der Waals surface area contributed by atoms with E-state index in [0.717, 1.165) is 18.7 Å². The molecule has 2 rings (SSSR count). The van der Waals surface area contributed by atoms with Crippen molar-refractivity contribution in [3.8, 4) is 18.1 Å². The molecule has 0 unspecified atom stereocenters. The highest BCUT2D eigenvalue weighted by atomic mass is 16.5. The molecular weight excluding hydrogens is 210 g/mol. The van der Waals surface area contributed by atoms with Gasteiger partial charge in [-0.3, -0.25) is 0 Å². The maximum Gasteiger partial charge on any atom is 0.120 e.